The number of hydrogen-bond acceptors (Lipinski definition) is 2. The summed E-state index contributed by atoms with van der Waals surface area (Å²) in [6.07, 6.45) is 0. The molecule has 0 aliphatic heterocycles. The van der Waals surface area contributed by atoms with E-state index in [1.54, 1.807) is 0 Å². The van der Waals surface area contributed by atoms with Crippen molar-refractivity contribution in [1.29, 1.82) is 0 Å². The molecule has 0 fully saturated rings. The molecule has 1 atom stereocenters. The Balaban J connectivity index is 3.08. The highest BCUT2D eigenvalue weighted by atomic mass is 16.1. The highest BCUT2D eigenvalue weighted by molar-refractivity contribution is 5.81. The van der Waals surface area contributed by atoms with Crippen LogP contribution >= 0.6 is 0 Å². The molecule has 0 spiro atoms. The van der Waals surface area contributed by atoms with E-state index in [1.807, 2.05) is 26.0 Å². The maximum atomic E-state index is 11.7. The second kappa shape index (κ2) is 6.20. The van der Waals surface area contributed by atoms with E-state index < -0.39 is 0 Å². The van der Waals surface area contributed by atoms with Crippen LogP contribution in [0.2, 0.25) is 0 Å². The molecule has 19 heavy (non-hydrogen) atoms. The van der Waals surface area contributed by atoms with Gasteiger partial charge in [0.15, 0.2) is 0 Å². The van der Waals surface area contributed by atoms with Crippen LogP contribution in [-0.4, -0.2) is 23.9 Å². The minimum absolute atomic E-state index is 0.121. The van der Waals surface area contributed by atoms with Crippen molar-refractivity contribution in [2.24, 2.45) is 5.73 Å². The third-order valence-corrected chi connectivity index (χ3v) is 3.54. The van der Waals surface area contributed by atoms with Gasteiger partial charge in [-0.15, -0.1) is 0 Å². The largest absolute Gasteiger partial charge is 0.368 e. The topological polar surface area (TPSA) is 46.3 Å². The molecule has 1 unspecified atom stereocenters. The number of carbonyl (C=O) groups is 1. The van der Waals surface area contributed by atoms with Crippen molar-refractivity contribution in [3.63, 3.8) is 0 Å². The zero-order chi connectivity index (χ0) is 14.6. The Hall–Kier alpha value is -1.35. The number of rotatable bonds is 5. The molecular weight excluding hydrogens is 236 g/mol. The van der Waals surface area contributed by atoms with E-state index in [-0.39, 0.29) is 17.4 Å². The Morgan fingerprint density at radius 3 is 1.95 bits per heavy atom. The van der Waals surface area contributed by atoms with Crippen molar-refractivity contribution in [3.05, 3.63) is 35.4 Å². The third-order valence-electron chi connectivity index (χ3n) is 3.54. The van der Waals surface area contributed by atoms with Crippen LogP contribution in [0.15, 0.2) is 24.3 Å². The molecule has 0 aliphatic carbocycles. The van der Waals surface area contributed by atoms with Gasteiger partial charge in [-0.05, 0) is 29.6 Å². The minimum Gasteiger partial charge on any atom is -0.368 e. The lowest BCUT2D eigenvalue weighted by atomic mass is 9.86. The van der Waals surface area contributed by atoms with Crippen molar-refractivity contribution in [2.75, 3.05) is 13.1 Å². The number of nitrogens with two attached hydrogens (primary N) is 1. The first-order valence-corrected chi connectivity index (χ1v) is 6.95. The van der Waals surface area contributed by atoms with Gasteiger partial charge in [0.05, 0.1) is 0 Å². The summed E-state index contributed by atoms with van der Waals surface area (Å²) in [6.45, 7) is 12.2. The van der Waals surface area contributed by atoms with Crippen molar-refractivity contribution in [3.8, 4) is 0 Å². The Bertz CT molecular complexity index is 413. The standard InChI is InChI=1S/C16H26N2O/c1-6-18(7-2)14(15(17)19)12-8-10-13(11-9-12)16(3,4)5/h8-11,14H,6-7H2,1-5H3,(H2,17,19). The summed E-state index contributed by atoms with van der Waals surface area (Å²) < 4.78 is 0. The first-order valence-electron chi connectivity index (χ1n) is 6.95. The van der Waals surface area contributed by atoms with Crippen LogP contribution in [0.4, 0.5) is 0 Å². The summed E-state index contributed by atoms with van der Waals surface area (Å²) in [4.78, 5) is 13.8. The van der Waals surface area contributed by atoms with Crippen LogP contribution in [0.1, 0.15) is 51.8 Å². The fourth-order valence-corrected chi connectivity index (χ4v) is 2.31. The van der Waals surface area contributed by atoms with Gasteiger partial charge in [-0.1, -0.05) is 58.9 Å². The van der Waals surface area contributed by atoms with E-state index in [9.17, 15) is 4.79 Å². The first kappa shape index (κ1) is 15.7. The highest BCUT2D eigenvalue weighted by Gasteiger charge is 2.24. The fraction of sp³-hybridized carbons (Fsp3) is 0.562. The molecule has 0 bridgehead atoms. The van der Waals surface area contributed by atoms with Crippen LogP contribution in [0.25, 0.3) is 0 Å². The van der Waals surface area contributed by atoms with E-state index in [0.29, 0.717) is 0 Å². The Morgan fingerprint density at radius 1 is 1.16 bits per heavy atom. The molecule has 2 N–H and O–H groups in total. The SMILES string of the molecule is CCN(CC)C(C(N)=O)c1ccc(C(C)(C)C)cc1. The number of benzene rings is 1. The maximum Gasteiger partial charge on any atom is 0.239 e. The Kier molecular flexibility index (Phi) is 5.12. The van der Waals surface area contributed by atoms with Gasteiger partial charge in [-0.25, -0.2) is 0 Å². The molecule has 0 saturated carbocycles. The summed E-state index contributed by atoms with van der Waals surface area (Å²) in [5, 5.41) is 0. The van der Waals surface area contributed by atoms with E-state index in [0.717, 1.165) is 18.7 Å². The van der Waals surface area contributed by atoms with Gasteiger partial charge >= 0.3 is 0 Å². The van der Waals surface area contributed by atoms with E-state index in [1.165, 1.54) is 5.56 Å². The third kappa shape index (κ3) is 3.80. The van der Waals surface area contributed by atoms with Crippen molar-refractivity contribution < 1.29 is 4.79 Å². The summed E-state index contributed by atoms with van der Waals surface area (Å²) in [5.41, 5.74) is 7.92. The lowest BCUT2D eigenvalue weighted by molar-refractivity contribution is -0.123. The molecule has 0 saturated heterocycles. The summed E-state index contributed by atoms with van der Waals surface area (Å²) in [7, 11) is 0. The zero-order valence-electron chi connectivity index (χ0n) is 12.7. The van der Waals surface area contributed by atoms with Gasteiger partial charge in [-0.3, -0.25) is 9.69 Å². The van der Waals surface area contributed by atoms with Crippen molar-refractivity contribution in [1.82, 2.24) is 4.90 Å². The molecule has 3 heteroatoms. The molecule has 1 amide bonds. The van der Waals surface area contributed by atoms with E-state index >= 15 is 0 Å². The van der Waals surface area contributed by atoms with Crippen LogP contribution < -0.4 is 5.73 Å². The number of carbonyl (C=O) groups excluding carboxylic acids is 1. The Labute approximate surface area is 116 Å². The van der Waals surface area contributed by atoms with Crippen LogP contribution in [-0.2, 0) is 10.2 Å². The van der Waals surface area contributed by atoms with Crippen LogP contribution in [0.3, 0.4) is 0 Å². The quantitative estimate of drug-likeness (QED) is 0.887. The number of likely N-dealkylation sites (N-methyl/N-ethyl adjacent to an activating group) is 1. The van der Waals surface area contributed by atoms with Gasteiger partial charge in [0.1, 0.15) is 6.04 Å². The lowest BCUT2D eigenvalue weighted by Gasteiger charge is -2.28. The Morgan fingerprint density at radius 2 is 1.63 bits per heavy atom. The molecule has 1 rings (SSSR count). The maximum absolute atomic E-state index is 11.7. The highest BCUT2D eigenvalue weighted by Crippen LogP contribution is 2.26. The summed E-state index contributed by atoms with van der Waals surface area (Å²) in [5.74, 6) is -0.285. The van der Waals surface area contributed by atoms with Crippen LogP contribution in [0, 0.1) is 0 Å². The summed E-state index contributed by atoms with van der Waals surface area (Å²) in [6, 6.07) is 7.90. The molecular formula is C16H26N2O. The number of nitrogens with zero attached hydrogens (tertiary/aromatic N) is 1. The normalized spacial score (nSPS) is 13.6. The van der Waals surface area contributed by atoms with Crippen molar-refractivity contribution in [2.45, 2.75) is 46.1 Å². The fourth-order valence-electron chi connectivity index (χ4n) is 2.31. The average Bonchev–Trinajstić information content (AvgIpc) is 2.34. The van der Waals surface area contributed by atoms with Gasteiger partial charge in [0.2, 0.25) is 5.91 Å². The van der Waals surface area contributed by atoms with Gasteiger partial charge in [0, 0.05) is 0 Å². The minimum atomic E-state index is -0.330. The second-order valence-electron chi connectivity index (χ2n) is 5.90. The van der Waals surface area contributed by atoms with E-state index in [2.05, 4.69) is 37.8 Å². The average molecular weight is 262 g/mol. The summed E-state index contributed by atoms with van der Waals surface area (Å²) >= 11 is 0. The molecule has 0 aromatic heterocycles. The molecule has 3 nitrogen and oxygen atoms in total. The second-order valence-corrected chi connectivity index (χ2v) is 5.90. The molecule has 106 valence electrons. The smallest absolute Gasteiger partial charge is 0.239 e. The van der Waals surface area contributed by atoms with Gasteiger partial charge < -0.3 is 5.73 Å². The van der Waals surface area contributed by atoms with Crippen LogP contribution in [0.5, 0.6) is 0 Å². The number of primary amides is 1. The predicted octanol–water partition coefficient (Wildman–Crippen LogP) is 2.85. The molecule has 0 radical (unpaired) electrons. The number of amides is 1. The molecule has 0 heterocycles. The number of hydrogen-bond donors (Lipinski definition) is 1. The van der Waals surface area contributed by atoms with Crippen molar-refractivity contribution >= 4 is 5.91 Å². The van der Waals surface area contributed by atoms with Gasteiger partial charge in [-0.2, -0.15) is 0 Å². The van der Waals surface area contributed by atoms with Gasteiger partial charge in [0.25, 0.3) is 0 Å². The molecule has 0 aliphatic rings. The van der Waals surface area contributed by atoms with E-state index in [4.69, 9.17) is 5.73 Å². The monoisotopic (exact) mass is 262 g/mol. The zero-order valence-corrected chi connectivity index (χ0v) is 12.7. The first-order chi connectivity index (χ1) is 8.81. The lowest BCUT2D eigenvalue weighted by Crippen LogP contribution is -2.37. The molecule has 1 aromatic carbocycles. The molecule has 1 aromatic rings. The predicted molar refractivity (Wildman–Crippen MR) is 80.0 cm³/mol.